The molecule has 0 unspecified atom stereocenters. The van der Waals surface area contributed by atoms with Crippen molar-refractivity contribution in [1.29, 1.82) is 0 Å². The molecule has 0 aliphatic carbocycles. The number of rotatable bonds is 4. The maximum absolute atomic E-state index is 2.25. The van der Waals surface area contributed by atoms with Crippen LogP contribution in [0.2, 0.25) is 6.32 Å². The van der Waals surface area contributed by atoms with Crippen LogP contribution in [0.25, 0.3) is 0 Å². The molecule has 0 aliphatic heterocycles. The Hall–Kier alpha value is -0.455. The molecule has 0 rings (SSSR count). The Labute approximate surface area is 65.1 Å². The van der Waals surface area contributed by atoms with Crippen molar-refractivity contribution in [3.05, 3.63) is 24.1 Å². The van der Waals surface area contributed by atoms with E-state index in [1.165, 1.54) is 12.7 Å². The second-order valence-electron chi connectivity index (χ2n) is 2.50. The highest BCUT2D eigenvalue weighted by Crippen LogP contribution is 2.00. The molecule has 0 spiro atoms. The molecule has 0 bridgehead atoms. The molecule has 0 aromatic rings. The van der Waals surface area contributed by atoms with Crippen LogP contribution in [0.15, 0.2) is 24.1 Å². The highest BCUT2D eigenvalue weighted by atomic mass is 13.7. The van der Waals surface area contributed by atoms with Gasteiger partial charge in [0.2, 0.25) is 0 Å². The molecule has 0 aliphatic rings. The first kappa shape index (κ1) is 9.54. The van der Waals surface area contributed by atoms with Crippen LogP contribution in [0, 0.1) is 0 Å². The molecule has 0 amide bonds. The van der Waals surface area contributed by atoms with Gasteiger partial charge in [0.05, 0.1) is 0 Å². The Kier molecular flexibility index (Phi) is 6.36. The summed E-state index contributed by atoms with van der Waals surface area (Å²) in [5, 5.41) is 0. The Bertz CT molecular complexity index is 102. The van der Waals surface area contributed by atoms with Gasteiger partial charge in [-0.2, -0.15) is 0 Å². The first-order valence-electron chi connectivity index (χ1n) is 4.10. The van der Waals surface area contributed by atoms with E-state index in [0.29, 0.717) is 6.71 Å². The highest BCUT2D eigenvalue weighted by Gasteiger charge is 2.00. The Morgan fingerprint density at radius 3 is 1.90 bits per heavy atom. The van der Waals surface area contributed by atoms with Crippen molar-refractivity contribution >= 4 is 6.71 Å². The van der Waals surface area contributed by atoms with Gasteiger partial charge < -0.3 is 0 Å². The van der Waals surface area contributed by atoms with E-state index in [2.05, 4.69) is 44.9 Å². The molecule has 10 heavy (non-hydrogen) atoms. The summed E-state index contributed by atoms with van der Waals surface area (Å²) in [6, 6.07) is 0. The Balaban J connectivity index is 3.72. The first-order valence-corrected chi connectivity index (χ1v) is 4.10. The maximum atomic E-state index is 2.25. The highest BCUT2D eigenvalue weighted by molar-refractivity contribution is 6.69. The molecular formula is C9H17B. The zero-order valence-electron chi connectivity index (χ0n) is 7.30. The van der Waals surface area contributed by atoms with E-state index in [4.69, 9.17) is 0 Å². The quantitative estimate of drug-likeness (QED) is 0.521. The fraction of sp³-hybridized carbons (Fsp3) is 0.556. The van der Waals surface area contributed by atoms with Gasteiger partial charge in [-0.05, 0) is 13.8 Å². The van der Waals surface area contributed by atoms with E-state index in [1.807, 2.05) is 0 Å². The van der Waals surface area contributed by atoms with Gasteiger partial charge in [0.15, 0.2) is 6.71 Å². The van der Waals surface area contributed by atoms with Gasteiger partial charge >= 0.3 is 0 Å². The molecule has 0 fully saturated rings. The monoisotopic (exact) mass is 136 g/mol. The predicted octanol–water partition coefficient (Wildman–Crippen LogP) is 3.12. The molecule has 0 saturated heterocycles. The third kappa shape index (κ3) is 4.43. The van der Waals surface area contributed by atoms with E-state index in [0.717, 1.165) is 0 Å². The van der Waals surface area contributed by atoms with Crippen LogP contribution in [0.1, 0.15) is 27.2 Å². The lowest BCUT2D eigenvalue weighted by Crippen LogP contribution is -2.03. The van der Waals surface area contributed by atoms with Gasteiger partial charge in [-0.15, -0.1) is 12.0 Å². The van der Waals surface area contributed by atoms with Crippen molar-refractivity contribution in [2.45, 2.75) is 33.5 Å². The number of allylic oxidation sites excluding steroid dienone is 2. The van der Waals surface area contributed by atoms with Gasteiger partial charge in [0.1, 0.15) is 0 Å². The normalized spacial score (nSPS) is 11.5. The zero-order chi connectivity index (χ0) is 7.82. The lowest BCUT2D eigenvalue weighted by molar-refractivity contribution is 1.07. The van der Waals surface area contributed by atoms with E-state index < -0.39 is 0 Å². The molecule has 0 radical (unpaired) electrons. The molecule has 0 nitrogen and oxygen atoms in total. The third-order valence-corrected chi connectivity index (χ3v) is 1.50. The van der Waals surface area contributed by atoms with E-state index >= 15 is 0 Å². The van der Waals surface area contributed by atoms with Gasteiger partial charge in [0.25, 0.3) is 0 Å². The van der Waals surface area contributed by atoms with E-state index in [1.54, 1.807) is 0 Å². The fourth-order valence-corrected chi connectivity index (χ4v) is 1.08. The standard InChI is InChI=1S/C9H17B/c1-4-7-10(8-5-2)9-6-3/h4-5,7-8H,6,9H2,1-3H3/b7-4+,8-5+. The summed E-state index contributed by atoms with van der Waals surface area (Å²) >= 11 is 0. The van der Waals surface area contributed by atoms with Crippen LogP contribution in [0.4, 0.5) is 0 Å². The molecule has 0 N–H and O–H groups in total. The minimum absolute atomic E-state index is 0.667. The first-order chi connectivity index (χ1) is 4.85. The Morgan fingerprint density at radius 2 is 1.60 bits per heavy atom. The summed E-state index contributed by atoms with van der Waals surface area (Å²) in [6.45, 7) is 7.04. The summed E-state index contributed by atoms with van der Waals surface area (Å²) in [5.74, 6) is 4.51. The second kappa shape index (κ2) is 6.66. The lowest BCUT2D eigenvalue weighted by atomic mass is 9.47. The van der Waals surface area contributed by atoms with Crippen LogP contribution in [-0.2, 0) is 0 Å². The average Bonchev–Trinajstić information content (AvgIpc) is 1.90. The Morgan fingerprint density at radius 1 is 1.10 bits per heavy atom. The summed E-state index contributed by atoms with van der Waals surface area (Å²) in [4.78, 5) is 0. The van der Waals surface area contributed by atoms with Crippen molar-refractivity contribution in [1.82, 2.24) is 0 Å². The average molecular weight is 136 g/mol. The van der Waals surface area contributed by atoms with Crippen molar-refractivity contribution in [3.63, 3.8) is 0 Å². The predicted molar refractivity (Wildman–Crippen MR) is 50.5 cm³/mol. The molecule has 0 heterocycles. The third-order valence-electron chi connectivity index (χ3n) is 1.50. The topological polar surface area (TPSA) is 0 Å². The summed E-state index contributed by atoms with van der Waals surface area (Å²) in [5.41, 5.74) is 0. The van der Waals surface area contributed by atoms with Crippen LogP contribution in [0.5, 0.6) is 0 Å². The van der Waals surface area contributed by atoms with E-state index in [9.17, 15) is 0 Å². The summed E-state index contributed by atoms with van der Waals surface area (Å²) in [7, 11) is 0. The van der Waals surface area contributed by atoms with Gasteiger partial charge in [-0.3, -0.25) is 0 Å². The second-order valence-corrected chi connectivity index (χ2v) is 2.50. The molecule has 0 saturated carbocycles. The number of hydrogen-bond donors (Lipinski definition) is 0. The SMILES string of the molecule is C/C=C/B(/C=C/C)CCC. The summed E-state index contributed by atoms with van der Waals surface area (Å²) < 4.78 is 0. The molecular weight excluding hydrogens is 119 g/mol. The minimum Gasteiger partial charge on any atom is -0.115 e. The molecule has 0 aromatic heterocycles. The van der Waals surface area contributed by atoms with Gasteiger partial charge in [-0.1, -0.05) is 31.8 Å². The van der Waals surface area contributed by atoms with Crippen molar-refractivity contribution in [3.8, 4) is 0 Å². The van der Waals surface area contributed by atoms with Crippen molar-refractivity contribution < 1.29 is 0 Å². The maximum Gasteiger partial charge on any atom is 0.191 e. The van der Waals surface area contributed by atoms with Gasteiger partial charge in [-0.25, -0.2) is 0 Å². The van der Waals surface area contributed by atoms with Crippen LogP contribution >= 0.6 is 0 Å². The lowest BCUT2D eigenvalue weighted by Gasteiger charge is -1.98. The molecule has 0 atom stereocenters. The minimum atomic E-state index is 0.667. The van der Waals surface area contributed by atoms with E-state index in [-0.39, 0.29) is 0 Å². The largest absolute Gasteiger partial charge is 0.191 e. The molecule has 0 aromatic carbocycles. The van der Waals surface area contributed by atoms with Crippen molar-refractivity contribution in [2.24, 2.45) is 0 Å². The molecule has 56 valence electrons. The smallest absolute Gasteiger partial charge is 0.115 e. The molecule has 1 heteroatoms. The number of hydrogen-bond acceptors (Lipinski definition) is 0. The summed E-state index contributed by atoms with van der Waals surface area (Å²) in [6.07, 6.45) is 6.79. The zero-order valence-corrected chi connectivity index (χ0v) is 7.30. The van der Waals surface area contributed by atoms with Crippen molar-refractivity contribution in [2.75, 3.05) is 0 Å². The fourth-order valence-electron chi connectivity index (χ4n) is 1.08. The van der Waals surface area contributed by atoms with Crippen LogP contribution < -0.4 is 0 Å². The van der Waals surface area contributed by atoms with Gasteiger partial charge in [0, 0.05) is 0 Å². The van der Waals surface area contributed by atoms with Crippen LogP contribution in [-0.4, -0.2) is 6.71 Å². The van der Waals surface area contributed by atoms with Crippen LogP contribution in [0.3, 0.4) is 0 Å².